The van der Waals surface area contributed by atoms with E-state index in [0.717, 1.165) is 49.9 Å². The number of carbonyl (C=O) groups excluding carboxylic acids is 1. The zero-order chi connectivity index (χ0) is 22.7. The van der Waals surface area contributed by atoms with E-state index in [0.29, 0.717) is 32.0 Å². The van der Waals surface area contributed by atoms with Crippen LogP contribution in [0, 0.1) is 11.7 Å². The fraction of sp³-hybridized carbons (Fsp3) is 0.429. The van der Waals surface area contributed by atoms with Gasteiger partial charge in [-0.05, 0) is 73.8 Å². The number of benzene rings is 2. The number of hydrogen-bond donors (Lipinski definition) is 0. The van der Waals surface area contributed by atoms with Gasteiger partial charge in [0.15, 0.2) is 0 Å². The van der Waals surface area contributed by atoms with Crippen LogP contribution in [-0.2, 0) is 21.4 Å². The van der Waals surface area contributed by atoms with Gasteiger partial charge < -0.3 is 9.64 Å². The molecule has 1 atom stereocenters. The minimum atomic E-state index is -0.681. The first kappa shape index (κ1) is 22.0. The van der Waals surface area contributed by atoms with E-state index < -0.39 is 5.41 Å². The molecule has 0 spiro atoms. The summed E-state index contributed by atoms with van der Waals surface area (Å²) in [6, 6.07) is 17.1. The van der Waals surface area contributed by atoms with Gasteiger partial charge in [-0.2, -0.15) is 0 Å². The van der Waals surface area contributed by atoms with E-state index in [1.165, 1.54) is 23.1 Å². The van der Waals surface area contributed by atoms with Gasteiger partial charge in [0.25, 0.3) is 0 Å². The van der Waals surface area contributed by atoms with E-state index in [-0.39, 0.29) is 11.7 Å². The van der Waals surface area contributed by atoms with Crippen molar-refractivity contribution in [3.05, 3.63) is 77.7 Å². The van der Waals surface area contributed by atoms with Crippen LogP contribution in [0.2, 0.25) is 0 Å². The molecule has 3 heterocycles. The maximum Gasteiger partial charge on any atom is 0.233 e. The number of aromatic nitrogens is 1. The highest BCUT2D eigenvalue weighted by Crippen LogP contribution is 2.38. The Morgan fingerprint density at radius 2 is 1.88 bits per heavy atom. The van der Waals surface area contributed by atoms with Crippen molar-refractivity contribution in [2.45, 2.75) is 43.9 Å². The third-order valence-electron chi connectivity index (χ3n) is 7.49. The molecule has 1 unspecified atom stereocenters. The number of carbonyl (C=O) groups is 1. The monoisotopic (exact) mass is 446 g/mol. The van der Waals surface area contributed by atoms with Crippen molar-refractivity contribution in [1.82, 2.24) is 9.88 Å². The lowest BCUT2D eigenvalue weighted by molar-refractivity contribution is -0.141. The molecule has 0 radical (unpaired) electrons. The smallest absolute Gasteiger partial charge is 0.233 e. The predicted octanol–water partition coefficient (Wildman–Crippen LogP) is 5.29. The molecule has 0 bridgehead atoms. The lowest BCUT2D eigenvalue weighted by atomic mass is 9.73. The second-order valence-corrected chi connectivity index (χ2v) is 9.49. The highest BCUT2D eigenvalue weighted by atomic mass is 19.1. The Labute approximate surface area is 194 Å². The van der Waals surface area contributed by atoms with Crippen molar-refractivity contribution >= 4 is 16.8 Å². The van der Waals surface area contributed by atoms with Crippen LogP contribution in [0.4, 0.5) is 4.39 Å². The van der Waals surface area contributed by atoms with E-state index in [9.17, 15) is 9.18 Å². The predicted molar refractivity (Wildman–Crippen MR) is 127 cm³/mol. The van der Waals surface area contributed by atoms with Crippen molar-refractivity contribution in [1.29, 1.82) is 0 Å². The van der Waals surface area contributed by atoms with Crippen molar-refractivity contribution in [3.8, 4) is 0 Å². The number of nitrogens with zero attached hydrogens (tertiary/aromatic N) is 2. The van der Waals surface area contributed by atoms with Crippen LogP contribution in [0.5, 0.6) is 0 Å². The summed E-state index contributed by atoms with van der Waals surface area (Å²) >= 11 is 0. The molecule has 0 aliphatic carbocycles. The molecule has 2 aliphatic rings. The molecule has 5 heteroatoms. The van der Waals surface area contributed by atoms with Crippen molar-refractivity contribution < 1.29 is 13.9 Å². The summed E-state index contributed by atoms with van der Waals surface area (Å²) in [4.78, 5) is 20.6. The van der Waals surface area contributed by atoms with Gasteiger partial charge in [0.2, 0.25) is 5.91 Å². The number of para-hydroxylation sites is 1. The number of hydrogen-bond acceptors (Lipinski definition) is 3. The number of likely N-dealkylation sites (tertiary alicyclic amines) is 1. The molecule has 33 heavy (non-hydrogen) atoms. The zero-order valence-electron chi connectivity index (χ0n) is 19.0. The van der Waals surface area contributed by atoms with Gasteiger partial charge in [0.05, 0.1) is 10.9 Å². The second-order valence-electron chi connectivity index (χ2n) is 9.49. The maximum absolute atomic E-state index is 14.1. The van der Waals surface area contributed by atoms with Gasteiger partial charge in [0.1, 0.15) is 5.82 Å². The van der Waals surface area contributed by atoms with Gasteiger partial charge in [-0.3, -0.25) is 9.78 Å². The SMILES string of the molecule is O=C(N1CCCC(Cc2cccc3cccnc23)CC1)C1(c2cccc(F)c2)CCOCC1. The van der Waals surface area contributed by atoms with Crippen LogP contribution in [-0.4, -0.2) is 42.1 Å². The number of rotatable bonds is 4. The molecule has 2 saturated heterocycles. The first-order valence-corrected chi connectivity index (χ1v) is 12.1. The summed E-state index contributed by atoms with van der Waals surface area (Å²) in [5.41, 5.74) is 2.49. The Morgan fingerprint density at radius 1 is 1.06 bits per heavy atom. The highest BCUT2D eigenvalue weighted by Gasteiger charge is 2.44. The van der Waals surface area contributed by atoms with Crippen LogP contribution in [0.25, 0.3) is 10.9 Å². The highest BCUT2D eigenvalue weighted by molar-refractivity contribution is 5.88. The molecule has 4 nitrogen and oxygen atoms in total. The fourth-order valence-corrected chi connectivity index (χ4v) is 5.65. The topological polar surface area (TPSA) is 42.4 Å². The van der Waals surface area contributed by atoms with E-state index >= 15 is 0 Å². The van der Waals surface area contributed by atoms with E-state index in [4.69, 9.17) is 4.74 Å². The van der Waals surface area contributed by atoms with Gasteiger partial charge in [0, 0.05) is 37.9 Å². The summed E-state index contributed by atoms with van der Waals surface area (Å²) in [5.74, 6) is 0.380. The lowest BCUT2D eigenvalue weighted by Crippen LogP contribution is -2.50. The van der Waals surface area contributed by atoms with Crippen LogP contribution < -0.4 is 0 Å². The second kappa shape index (κ2) is 9.60. The Kier molecular flexibility index (Phi) is 6.41. The summed E-state index contributed by atoms with van der Waals surface area (Å²) < 4.78 is 19.7. The molecule has 2 aromatic carbocycles. The average molecular weight is 447 g/mol. The molecule has 0 saturated carbocycles. The largest absolute Gasteiger partial charge is 0.381 e. The van der Waals surface area contributed by atoms with Crippen LogP contribution in [0.15, 0.2) is 60.8 Å². The first-order chi connectivity index (χ1) is 16.2. The van der Waals surface area contributed by atoms with E-state index in [1.54, 1.807) is 6.07 Å². The van der Waals surface area contributed by atoms with Crippen molar-refractivity contribution in [2.75, 3.05) is 26.3 Å². The molecular formula is C28H31FN2O2. The Hall–Kier alpha value is -2.79. The number of fused-ring (bicyclic) bond motifs is 1. The fourth-order valence-electron chi connectivity index (χ4n) is 5.65. The molecule has 3 aromatic rings. The Bertz CT molecular complexity index is 1120. The number of pyridine rings is 1. The number of amides is 1. The third kappa shape index (κ3) is 4.51. The van der Waals surface area contributed by atoms with E-state index in [1.807, 2.05) is 23.2 Å². The Morgan fingerprint density at radius 3 is 2.73 bits per heavy atom. The third-order valence-corrected chi connectivity index (χ3v) is 7.49. The summed E-state index contributed by atoms with van der Waals surface area (Å²) in [6.07, 6.45) is 7.13. The van der Waals surface area contributed by atoms with Crippen LogP contribution >= 0.6 is 0 Å². The average Bonchev–Trinajstić information content (AvgIpc) is 3.10. The summed E-state index contributed by atoms with van der Waals surface area (Å²) in [5, 5.41) is 1.18. The normalized spacial score (nSPS) is 21.0. The van der Waals surface area contributed by atoms with Gasteiger partial charge in [-0.1, -0.05) is 36.4 Å². The quantitative estimate of drug-likeness (QED) is 0.547. The molecular weight excluding hydrogens is 415 g/mol. The van der Waals surface area contributed by atoms with Crippen LogP contribution in [0.3, 0.4) is 0 Å². The van der Waals surface area contributed by atoms with Crippen molar-refractivity contribution in [3.63, 3.8) is 0 Å². The van der Waals surface area contributed by atoms with Gasteiger partial charge >= 0.3 is 0 Å². The molecule has 5 rings (SSSR count). The zero-order valence-corrected chi connectivity index (χ0v) is 19.0. The minimum absolute atomic E-state index is 0.142. The first-order valence-electron chi connectivity index (χ1n) is 12.1. The molecule has 1 aromatic heterocycles. The standard InChI is InChI=1S/C28H31FN2O2/c29-25-10-2-9-24(20-25)28(12-17-33-18-13-28)27(32)31-15-4-5-21(11-16-31)19-23-7-1-6-22-8-3-14-30-26(22)23/h1-3,6-10,14,20-21H,4-5,11-13,15-19H2. The molecule has 0 N–H and O–H groups in total. The van der Waals surface area contributed by atoms with Crippen molar-refractivity contribution in [2.24, 2.45) is 5.92 Å². The number of halogens is 1. The summed E-state index contributed by atoms with van der Waals surface area (Å²) in [6.45, 7) is 2.58. The molecule has 2 fully saturated rings. The molecule has 2 aliphatic heterocycles. The maximum atomic E-state index is 14.1. The molecule has 1 amide bonds. The minimum Gasteiger partial charge on any atom is -0.381 e. The summed E-state index contributed by atoms with van der Waals surface area (Å²) in [7, 11) is 0. The number of ether oxygens (including phenoxy) is 1. The Balaban J connectivity index is 1.33. The molecule has 172 valence electrons. The van der Waals surface area contributed by atoms with Gasteiger partial charge in [-0.15, -0.1) is 0 Å². The van der Waals surface area contributed by atoms with E-state index in [2.05, 4.69) is 29.2 Å². The lowest BCUT2D eigenvalue weighted by Gasteiger charge is -2.40. The van der Waals surface area contributed by atoms with Gasteiger partial charge in [-0.25, -0.2) is 4.39 Å². The van der Waals surface area contributed by atoms with Crippen LogP contribution in [0.1, 0.15) is 43.2 Å².